The molecule has 0 bridgehead atoms. The Hall–Kier alpha value is -2.09. The molecule has 2 heteroatoms. The summed E-state index contributed by atoms with van der Waals surface area (Å²) in [5.74, 6) is 0.834. The minimum absolute atomic E-state index is 0.136. The van der Waals surface area contributed by atoms with Gasteiger partial charge in [0.15, 0.2) is 5.78 Å². The van der Waals surface area contributed by atoms with E-state index in [1.807, 2.05) is 31.2 Å². The highest BCUT2D eigenvalue weighted by molar-refractivity contribution is 5.92. The summed E-state index contributed by atoms with van der Waals surface area (Å²) in [6.45, 7) is 1.83. The number of benzene rings is 2. The van der Waals surface area contributed by atoms with Crippen LogP contribution in [0.4, 0.5) is 0 Å². The summed E-state index contributed by atoms with van der Waals surface area (Å²) in [6, 6.07) is 14.3. The number of allylic oxidation sites excluding steroid dienone is 2. The summed E-state index contributed by atoms with van der Waals surface area (Å²) < 4.78 is 5.79. The number of fused-ring (bicyclic) bond motifs is 1. The van der Waals surface area contributed by atoms with E-state index in [4.69, 9.17) is 4.74 Å². The van der Waals surface area contributed by atoms with Gasteiger partial charge in [-0.05, 0) is 17.7 Å². The highest BCUT2D eigenvalue weighted by atomic mass is 16.5. The largest absolute Gasteiger partial charge is 0.490 e. The van der Waals surface area contributed by atoms with Gasteiger partial charge in [-0.3, -0.25) is 4.79 Å². The van der Waals surface area contributed by atoms with Crippen LogP contribution in [0.3, 0.4) is 0 Å². The van der Waals surface area contributed by atoms with Gasteiger partial charge in [0, 0.05) is 11.6 Å². The van der Waals surface area contributed by atoms with Crippen molar-refractivity contribution in [1.82, 2.24) is 0 Å². The fourth-order valence-electron chi connectivity index (χ4n) is 2.47. The van der Waals surface area contributed by atoms with Gasteiger partial charge < -0.3 is 4.74 Å². The van der Waals surface area contributed by atoms with E-state index in [2.05, 4.69) is 18.2 Å². The summed E-state index contributed by atoms with van der Waals surface area (Å²) in [4.78, 5) is 11.6. The maximum absolute atomic E-state index is 11.6. The van der Waals surface area contributed by atoms with E-state index in [1.165, 1.54) is 5.39 Å². The molecule has 2 aromatic carbocycles. The molecule has 1 aliphatic heterocycles. The Kier molecular flexibility index (Phi) is 2.63. The van der Waals surface area contributed by atoms with E-state index >= 15 is 0 Å². The summed E-state index contributed by atoms with van der Waals surface area (Å²) in [7, 11) is 0. The van der Waals surface area contributed by atoms with Crippen LogP contribution in [0.2, 0.25) is 0 Å². The Labute approximate surface area is 106 Å². The molecule has 0 N–H and O–H groups in total. The number of carbonyl (C=O) groups is 1. The molecule has 2 nitrogen and oxygen atoms in total. The Balaban J connectivity index is 2.10. The average Bonchev–Trinajstić information content (AvgIpc) is 2.37. The zero-order chi connectivity index (χ0) is 12.5. The Bertz CT molecular complexity index is 635. The Morgan fingerprint density at radius 2 is 1.89 bits per heavy atom. The average molecular weight is 238 g/mol. The van der Waals surface area contributed by atoms with Crippen molar-refractivity contribution in [3.8, 4) is 0 Å². The smallest absolute Gasteiger partial charge is 0.163 e. The van der Waals surface area contributed by atoms with Gasteiger partial charge in [0.1, 0.15) is 6.10 Å². The van der Waals surface area contributed by atoms with E-state index in [9.17, 15) is 4.79 Å². The molecule has 1 heterocycles. The van der Waals surface area contributed by atoms with Crippen molar-refractivity contribution in [2.45, 2.75) is 19.4 Å². The van der Waals surface area contributed by atoms with Gasteiger partial charge in [-0.15, -0.1) is 0 Å². The molecular formula is C16H14O2. The van der Waals surface area contributed by atoms with Gasteiger partial charge in [-0.25, -0.2) is 0 Å². The first-order chi connectivity index (χ1) is 8.74. The number of ketones is 1. The fourth-order valence-corrected chi connectivity index (χ4v) is 2.47. The van der Waals surface area contributed by atoms with Crippen molar-refractivity contribution in [2.75, 3.05) is 0 Å². The van der Waals surface area contributed by atoms with Crippen molar-refractivity contribution in [1.29, 1.82) is 0 Å². The summed E-state index contributed by atoms with van der Waals surface area (Å²) in [5, 5.41) is 2.34. The molecule has 2 aromatic rings. The van der Waals surface area contributed by atoms with Gasteiger partial charge in [0.25, 0.3) is 0 Å². The van der Waals surface area contributed by atoms with Crippen LogP contribution in [-0.4, -0.2) is 5.78 Å². The minimum Gasteiger partial charge on any atom is -0.490 e. The van der Waals surface area contributed by atoms with Crippen molar-refractivity contribution >= 4 is 16.6 Å². The molecule has 0 radical (unpaired) electrons. The second-order valence-corrected chi connectivity index (χ2v) is 4.60. The second kappa shape index (κ2) is 4.30. The lowest BCUT2D eigenvalue weighted by molar-refractivity contribution is -0.118. The lowest BCUT2D eigenvalue weighted by Crippen LogP contribution is -2.14. The first kappa shape index (κ1) is 11.0. The topological polar surface area (TPSA) is 26.3 Å². The second-order valence-electron chi connectivity index (χ2n) is 4.60. The van der Waals surface area contributed by atoms with Crippen molar-refractivity contribution in [2.24, 2.45) is 0 Å². The quantitative estimate of drug-likeness (QED) is 0.755. The van der Waals surface area contributed by atoms with Crippen LogP contribution < -0.4 is 0 Å². The van der Waals surface area contributed by atoms with Gasteiger partial charge in [-0.2, -0.15) is 0 Å². The van der Waals surface area contributed by atoms with Crippen molar-refractivity contribution < 1.29 is 9.53 Å². The monoisotopic (exact) mass is 238 g/mol. The highest BCUT2D eigenvalue weighted by Gasteiger charge is 2.22. The summed E-state index contributed by atoms with van der Waals surface area (Å²) in [5.41, 5.74) is 1.09. The van der Waals surface area contributed by atoms with E-state index in [0.29, 0.717) is 12.2 Å². The third-order valence-electron chi connectivity index (χ3n) is 3.25. The summed E-state index contributed by atoms with van der Waals surface area (Å²) in [6.07, 6.45) is 1.83. The van der Waals surface area contributed by atoms with Crippen LogP contribution in [-0.2, 0) is 9.53 Å². The van der Waals surface area contributed by atoms with Gasteiger partial charge in [-0.1, -0.05) is 42.5 Å². The van der Waals surface area contributed by atoms with Crippen LogP contribution in [0, 0.1) is 0 Å². The van der Waals surface area contributed by atoms with Crippen LogP contribution in [0.25, 0.3) is 10.8 Å². The zero-order valence-electron chi connectivity index (χ0n) is 10.2. The molecular weight excluding hydrogens is 224 g/mol. The number of hydrogen-bond acceptors (Lipinski definition) is 2. The highest BCUT2D eigenvalue weighted by Crippen LogP contribution is 2.32. The maximum Gasteiger partial charge on any atom is 0.163 e. The molecule has 1 aliphatic rings. The molecule has 1 unspecified atom stereocenters. The minimum atomic E-state index is -0.159. The molecule has 0 amide bonds. The fraction of sp³-hybridized carbons (Fsp3) is 0.188. The van der Waals surface area contributed by atoms with Gasteiger partial charge in [0.05, 0.1) is 12.2 Å². The first-order valence-corrected chi connectivity index (χ1v) is 6.09. The lowest BCUT2D eigenvalue weighted by atomic mass is 9.96. The van der Waals surface area contributed by atoms with Gasteiger partial charge >= 0.3 is 0 Å². The standard InChI is InChI=1S/C16H14O2/c1-11-9-13(17)10-16(18-11)15-8-4-6-12-5-2-3-7-14(12)15/h2-9,16H,10H2,1H3. The van der Waals surface area contributed by atoms with Crippen LogP contribution in [0.5, 0.6) is 0 Å². The van der Waals surface area contributed by atoms with E-state index in [1.54, 1.807) is 6.08 Å². The molecule has 90 valence electrons. The predicted molar refractivity (Wildman–Crippen MR) is 71.2 cm³/mol. The Morgan fingerprint density at radius 1 is 1.11 bits per heavy atom. The number of carbonyl (C=O) groups excluding carboxylic acids is 1. The SMILES string of the molecule is CC1=CC(=O)CC(c2cccc3ccccc23)O1. The molecule has 0 saturated heterocycles. The molecule has 0 spiro atoms. The summed E-state index contributed by atoms with van der Waals surface area (Å²) >= 11 is 0. The molecule has 0 aromatic heterocycles. The zero-order valence-corrected chi connectivity index (χ0v) is 10.2. The molecule has 0 fully saturated rings. The number of hydrogen-bond donors (Lipinski definition) is 0. The maximum atomic E-state index is 11.6. The number of rotatable bonds is 1. The number of ether oxygens (including phenoxy) is 1. The molecule has 3 rings (SSSR count). The van der Waals surface area contributed by atoms with Gasteiger partial charge in [0.2, 0.25) is 0 Å². The van der Waals surface area contributed by atoms with Crippen LogP contribution in [0.15, 0.2) is 54.3 Å². The molecule has 1 atom stereocenters. The first-order valence-electron chi connectivity index (χ1n) is 6.09. The van der Waals surface area contributed by atoms with Crippen molar-refractivity contribution in [3.63, 3.8) is 0 Å². The third-order valence-corrected chi connectivity index (χ3v) is 3.25. The lowest BCUT2D eigenvalue weighted by Gasteiger charge is -2.23. The molecule has 0 saturated carbocycles. The van der Waals surface area contributed by atoms with E-state index < -0.39 is 0 Å². The van der Waals surface area contributed by atoms with Crippen LogP contribution >= 0.6 is 0 Å². The Morgan fingerprint density at radius 3 is 2.72 bits per heavy atom. The third kappa shape index (κ3) is 1.90. The normalized spacial score (nSPS) is 19.5. The molecule has 18 heavy (non-hydrogen) atoms. The van der Waals surface area contributed by atoms with E-state index in [-0.39, 0.29) is 11.9 Å². The van der Waals surface area contributed by atoms with E-state index in [0.717, 1.165) is 10.9 Å². The predicted octanol–water partition coefficient (Wildman–Crippen LogP) is 3.77. The van der Waals surface area contributed by atoms with Crippen LogP contribution in [0.1, 0.15) is 25.0 Å². The molecule has 0 aliphatic carbocycles. The van der Waals surface area contributed by atoms with Crippen molar-refractivity contribution in [3.05, 3.63) is 59.9 Å².